The van der Waals surface area contributed by atoms with E-state index in [2.05, 4.69) is 15.6 Å². The summed E-state index contributed by atoms with van der Waals surface area (Å²) in [5, 5.41) is 14.4. The van der Waals surface area contributed by atoms with E-state index in [1.165, 1.54) is 12.1 Å². The van der Waals surface area contributed by atoms with Gasteiger partial charge in [0.1, 0.15) is 0 Å². The molecule has 0 aliphatic carbocycles. The Balaban J connectivity index is 1.82. The zero-order valence-electron chi connectivity index (χ0n) is 13.7. The van der Waals surface area contributed by atoms with Crippen molar-refractivity contribution in [2.45, 2.75) is 25.8 Å². The molecule has 3 N–H and O–H groups in total. The minimum absolute atomic E-state index is 0.223. The van der Waals surface area contributed by atoms with Crippen LogP contribution in [0.2, 0.25) is 0 Å². The molecule has 0 radical (unpaired) electrons. The molecule has 1 heterocycles. The number of nitrogens with zero attached hydrogens (tertiary/aromatic N) is 1. The number of aromatic nitrogens is 1. The number of pyridine rings is 1. The third-order valence-electron chi connectivity index (χ3n) is 3.70. The largest absolute Gasteiger partial charge is 0.478 e. The summed E-state index contributed by atoms with van der Waals surface area (Å²) < 4.78 is 0. The number of carbonyl (C=O) groups is 2. The molecule has 2 aromatic rings. The van der Waals surface area contributed by atoms with Gasteiger partial charge in [-0.3, -0.25) is 4.98 Å². The zero-order chi connectivity index (χ0) is 17.6. The minimum atomic E-state index is -0.969. The van der Waals surface area contributed by atoms with Crippen LogP contribution < -0.4 is 10.6 Å². The van der Waals surface area contributed by atoms with E-state index in [1.54, 1.807) is 18.3 Å². The third-order valence-corrected chi connectivity index (χ3v) is 3.70. The van der Waals surface area contributed by atoms with Crippen LogP contribution in [-0.4, -0.2) is 28.6 Å². The lowest BCUT2D eigenvalue weighted by molar-refractivity contribution is 0.0697. The summed E-state index contributed by atoms with van der Waals surface area (Å²) in [6.45, 7) is 4.81. The molecule has 2 amide bonds. The number of carbonyl (C=O) groups excluding carboxylic acids is 1. The zero-order valence-corrected chi connectivity index (χ0v) is 13.7. The van der Waals surface area contributed by atoms with Crippen LogP contribution in [0, 0.1) is 0 Å². The van der Waals surface area contributed by atoms with Gasteiger partial charge in [0.2, 0.25) is 0 Å². The molecule has 0 atom stereocenters. The Labute approximate surface area is 140 Å². The standard InChI is InChI=1S/C18H21N3O3/c1-18(2,15-5-3-4-10-19-15)12-21-17(24)20-11-13-6-8-14(9-7-13)16(22)23/h3-10H,11-12H2,1-2H3,(H,22,23)(H2,20,21,24). The van der Waals surface area contributed by atoms with Crippen LogP contribution >= 0.6 is 0 Å². The number of benzene rings is 1. The first-order chi connectivity index (χ1) is 11.4. The van der Waals surface area contributed by atoms with Gasteiger partial charge < -0.3 is 15.7 Å². The van der Waals surface area contributed by atoms with Crippen molar-refractivity contribution in [2.24, 2.45) is 0 Å². The van der Waals surface area contributed by atoms with Crippen molar-refractivity contribution in [3.63, 3.8) is 0 Å². The Morgan fingerprint density at radius 3 is 2.38 bits per heavy atom. The topological polar surface area (TPSA) is 91.3 Å². The van der Waals surface area contributed by atoms with Gasteiger partial charge in [-0.15, -0.1) is 0 Å². The highest BCUT2D eigenvalue weighted by Gasteiger charge is 2.22. The molecule has 1 aromatic heterocycles. The molecule has 24 heavy (non-hydrogen) atoms. The first kappa shape index (κ1) is 17.5. The quantitative estimate of drug-likeness (QED) is 0.760. The first-order valence-electron chi connectivity index (χ1n) is 7.64. The molecular formula is C18H21N3O3. The summed E-state index contributed by atoms with van der Waals surface area (Å²) in [5.74, 6) is -0.969. The predicted molar refractivity (Wildman–Crippen MR) is 90.9 cm³/mol. The lowest BCUT2D eigenvalue weighted by Gasteiger charge is -2.24. The summed E-state index contributed by atoms with van der Waals surface area (Å²) in [7, 11) is 0. The maximum absolute atomic E-state index is 11.9. The van der Waals surface area contributed by atoms with E-state index < -0.39 is 5.97 Å². The fourth-order valence-corrected chi connectivity index (χ4v) is 2.16. The van der Waals surface area contributed by atoms with E-state index in [1.807, 2.05) is 32.0 Å². The monoisotopic (exact) mass is 327 g/mol. The van der Waals surface area contributed by atoms with Crippen LogP contribution in [0.25, 0.3) is 0 Å². The smallest absolute Gasteiger partial charge is 0.335 e. The van der Waals surface area contributed by atoms with Crippen molar-refractivity contribution < 1.29 is 14.7 Å². The van der Waals surface area contributed by atoms with Crippen molar-refractivity contribution in [2.75, 3.05) is 6.54 Å². The van der Waals surface area contributed by atoms with Crippen LogP contribution in [0.15, 0.2) is 48.7 Å². The maximum atomic E-state index is 11.9. The summed E-state index contributed by atoms with van der Waals surface area (Å²) in [5.41, 5.74) is 1.69. The predicted octanol–water partition coefficient (Wildman–Crippen LogP) is 2.56. The molecule has 0 fully saturated rings. The third kappa shape index (κ3) is 4.81. The van der Waals surface area contributed by atoms with Crippen molar-refractivity contribution in [1.82, 2.24) is 15.6 Å². The molecular weight excluding hydrogens is 306 g/mol. The highest BCUT2D eigenvalue weighted by molar-refractivity contribution is 5.87. The van der Waals surface area contributed by atoms with E-state index >= 15 is 0 Å². The second-order valence-electron chi connectivity index (χ2n) is 6.14. The fourth-order valence-electron chi connectivity index (χ4n) is 2.16. The van der Waals surface area contributed by atoms with Gasteiger partial charge in [-0.25, -0.2) is 9.59 Å². The molecule has 6 heteroatoms. The number of nitrogens with one attached hydrogen (secondary N) is 2. The number of urea groups is 1. The fraction of sp³-hybridized carbons (Fsp3) is 0.278. The Morgan fingerprint density at radius 1 is 1.08 bits per heavy atom. The van der Waals surface area contributed by atoms with Gasteiger partial charge in [-0.2, -0.15) is 0 Å². The molecule has 0 saturated carbocycles. The molecule has 0 bridgehead atoms. The number of hydrogen-bond donors (Lipinski definition) is 3. The second-order valence-corrected chi connectivity index (χ2v) is 6.14. The van der Waals surface area contributed by atoms with Gasteiger partial charge in [0.15, 0.2) is 0 Å². The molecule has 0 aliphatic heterocycles. The number of rotatable bonds is 6. The molecule has 0 spiro atoms. The molecule has 126 valence electrons. The van der Waals surface area contributed by atoms with Gasteiger partial charge in [-0.1, -0.05) is 32.0 Å². The second kappa shape index (κ2) is 7.59. The SMILES string of the molecule is CC(C)(CNC(=O)NCc1ccc(C(=O)O)cc1)c1ccccn1. The Kier molecular flexibility index (Phi) is 5.52. The van der Waals surface area contributed by atoms with Crippen LogP contribution in [0.1, 0.15) is 35.5 Å². The van der Waals surface area contributed by atoms with Crippen molar-refractivity contribution in [3.05, 3.63) is 65.5 Å². The van der Waals surface area contributed by atoms with Gasteiger partial charge in [0, 0.05) is 30.4 Å². The van der Waals surface area contributed by atoms with Crippen LogP contribution in [0.5, 0.6) is 0 Å². The minimum Gasteiger partial charge on any atom is -0.478 e. The number of carboxylic acid groups (broad SMARTS) is 1. The van der Waals surface area contributed by atoms with E-state index in [0.29, 0.717) is 13.1 Å². The normalized spacial score (nSPS) is 10.9. The summed E-state index contributed by atoms with van der Waals surface area (Å²) in [6.07, 6.45) is 1.73. The van der Waals surface area contributed by atoms with Crippen LogP contribution in [0.3, 0.4) is 0 Å². The maximum Gasteiger partial charge on any atom is 0.335 e. The van der Waals surface area contributed by atoms with Crippen LogP contribution in [-0.2, 0) is 12.0 Å². The average Bonchev–Trinajstić information content (AvgIpc) is 2.59. The molecule has 2 rings (SSSR count). The van der Waals surface area contributed by atoms with E-state index in [-0.39, 0.29) is 17.0 Å². The van der Waals surface area contributed by atoms with Gasteiger partial charge in [0.25, 0.3) is 0 Å². The van der Waals surface area contributed by atoms with E-state index in [0.717, 1.165) is 11.3 Å². The molecule has 6 nitrogen and oxygen atoms in total. The highest BCUT2D eigenvalue weighted by atomic mass is 16.4. The summed E-state index contributed by atoms with van der Waals surface area (Å²) in [6, 6.07) is 11.8. The van der Waals surface area contributed by atoms with E-state index in [9.17, 15) is 9.59 Å². The first-order valence-corrected chi connectivity index (χ1v) is 7.64. The molecule has 0 aliphatic rings. The summed E-state index contributed by atoms with van der Waals surface area (Å²) >= 11 is 0. The van der Waals surface area contributed by atoms with Gasteiger partial charge in [0.05, 0.1) is 5.56 Å². The number of hydrogen-bond acceptors (Lipinski definition) is 3. The Bertz CT molecular complexity index is 697. The lowest BCUT2D eigenvalue weighted by atomic mass is 9.89. The number of amides is 2. The molecule has 0 saturated heterocycles. The van der Waals surface area contributed by atoms with Crippen molar-refractivity contribution in [3.8, 4) is 0 Å². The van der Waals surface area contributed by atoms with Crippen molar-refractivity contribution >= 4 is 12.0 Å². The number of carboxylic acids is 1. The lowest BCUT2D eigenvalue weighted by Crippen LogP contribution is -2.42. The van der Waals surface area contributed by atoms with Gasteiger partial charge in [-0.05, 0) is 29.8 Å². The molecule has 0 unspecified atom stereocenters. The van der Waals surface area contributed by atoms with Crippen LogP contribution in [0.4, 0.5) is 4.79 Å². The summed E-state index contributed by atoms with van der Waals surface area (Å²) in [4.78, 5) is 27.0. The Hall–Kier alpha value is -2.89. The average molecular weight is 327 g/mol. The molecule has 1 aromatic carbocycles. The van der Waals surface area contributed by atoms with Crippen molar-refractivity contribution in [1.29, 1.82) is 0 Å². The highest BCUT2D eigenvalue weighted by Crippen LogP contribution is 2.19. The Morgan fingerprint density at radius 2 is 1.79 bits per heavy atom. The number of aromatic carboxylic acids is 1. The van der Waals surface area contributed by atoms with E-state index in [4.69, 9.17) is 5.11 Å². The van der Waals surface area contributed by atoms with Gasteiger partial charge >= 0.3 is 12.0 Å².